The lowest BCUT2D eigenvalue weighted by Crippen LogP contribution is -2.52. The number of amides is 4. The first-order valence-electron chi connectivity index (χ1n) is 19.0. The van der Waals surface area contributed by atoms with Crippen LogP contribution in [0.3, 0.4) is 0 Å². The zero-order valence-electron chi connectivity index (χ0n) is 35.5. The van der Waals surface area contributed by atoms with E-state index in [1.165, 1.54) is 54.6 Å². The molecule has 0 bridgehead atoms. The average Bonchev–Trinajstić information content (AvgIpc) is 3.27. The molecule has 16 nitrogen and oxygen atoms in total. The summed E-state index contributed by atoms with van der Waals surface area (Å²) in [5.41, 5.74) is 13.6. The fraction of sp³-hybridized carbons (Fsp3) is 0.273. The molecule has 0 aliphatic rings. The first-order valence-corrected chi connectivity index (χ1v) is 22.7. The summed E-state index contributed by atoms with van der Waals surface area (Å²) in [5.74, 6) is -2.27. The van der Waals surface area contributed by atoms with Crippen LogP contribution in [0.25, 0.3) is 9.69 Å². The highest BCUT2D eigenvalue weighted by Crippen LogP contribution is 2.37. The third-order valence-corrected chi connectivity index (χ3v) is 15.5. The minimum Gasteiger partial charge on any atom is -0.414 e. The number of nitrogens with one attached hydrogen (secondary N) is 6. The lowest BCUT2D eigenvalue weighted by molar-refractivity contribution is -0.124. The Labute approximate surface area is 377 Å². The third-order valence-electron chi connectivity index (χ3n) is 10.0. The van der Waals surface area contributed by atoms with Gasteiger partial charge in [0.05, 0.1) is 59.7 Å². The van der Waals surface area contributed by atoms with Crippen molar-refractivity contribution in [1.82, 2.24) is 21.7 Å². The number of nitriles is 2. The van der Waals surface area contributed by atoms with Gasteiger partial charge in [-0.1, -0.05) is 56.1 Å². The lowest BCUT2D eigenvalue weighted by atomic mass is 10.1. The molecule has 4 aromatic carbocycles. The van der Waals surface area contributed by atoms with Crippen molar-refractivity contribution in [3.63, 3.8) is 0 Å². The van der Waals surface area contributed by atoms with Gasteiger partial charge in [0.25, 0.3) is 23.6 Å². The van der Waals surface area contributed by atoms with Crippen molar-refractivity contribution in [3.8, 4) is 12.1 Å². The van der Waals surface area contributed by atoms with Crippen LogP contribution in [-0.2, 0) is 14.0 Å². The summed E-state index contributed by atoms with van der Waals surface area (Å²) >= 11 is 12.4. The smallest absolute Gasteiger partial charge is 0.269 e. The minimum atomic E-state index is -2.18. The standard InChI is InChI=1S/C25H30ClN5O3Si.C19H16ClN5O3/c1-16-19(12-13-20(28-5)22(16)26)29-21(15-34-35(6,7)25(2,3)4)24(33)31-30-23(32)18-10-8-17(14-27)9-11-18;1-11-14(7-8-15(22-2)17(11)20)23-16(10-26)19(28)25-24-18(27)13-5-3-12(9-21)4-6-13/h8-13,21,29H,15H2,1-4,6-7H3,(H,30,32)(H,31,33);3-8,16,23,26H,10H2,1H3,(H,24,27)(H,25,28)/t21-;16-/m11/s1. The molecule has 0 heterocycles. The molecule has 2 atom stereocenters. The topological polar surface area (TPSA) is 226 Å². The Bertz CT molecular complexity index is 2500. The fourth-order valence-electron chi connectivity index (χ4n) is 5.04. The molecule has 63 heavy (non-hydrogen) atoms. The Morgan fingerprint density at radius 3 is 1.43 bits per heavy atom. The van der Waals surface area contributed by atoms with E-state index >= 15 is 0 Å². The molecule has 0 fully saturated rings. The maximum absolute atomic E-state index is 13.1. The molecule has 4 amide bonds. The largest absolute Gasteiger partial charge is 0.414 e. The zero-order chi connectivity index (χ0) is 47.1. The van der Waals surface area contributed by atoms with E-state index in [0.29, 0.717) is 49.9 Å². The van der Waals surface area contributed by atoms with Gasteiger partial charge in [-0.15, -0.1) is 0 Å². The number of aliphatic hydroxyl groups excluding tert-OH is 1. The van der Waals surface area contributed by atoms with Crippen LogP contribution in [-0.4, -0.2) is 62.4 Å². The Morgan fingerprint density at radius 1 is 0.698 bits per heavy atom. The van der Waals surface area contributed by atoms with E-state index in [-0.39, 0.29) is 27.9 Å². The Balaban J connectivity index is 0.000000344. The highest BCUT2D eigenvalue weighted by molar-refractivity contribution is 6.74. The molecule has 4 rings (SSSR count). The first kappa shape index (κ1) is 50.4. The van der Waals surface area contributed by atoms with Crippen molar-refractivity contribution in [2.75, 3.05) is 23.8 Å². The number of hydrogen-bond donors (Lipinski definition) is 7. The fourth-order valence-corrected chi connectivity index (χ4v) is 6.47. The molecule has 19 heteroatoms. The van der Waals surface area contributed by atoms with Gasteiger partial charge in [0, 0.05) is 22.5 Å². The van der Waals surface area contributed by atoms with Gasteiger partial charge in [-0.3, -0.25) is 40.9 Å². The van der Waals surface area contributed by atoms with E-state index in [1.54, 1.807) is 32.0 Å². The predicted molar refractivity (Wildman–Crippen MR) is 243 cm³/mol. The van der Waals surface area contributed by atoms with Crippen LogP contribution in [0.15, 0.2) is 72.8 Å². The summed E-state index contributed by atoms with van der Waals surface area (Å²) in [6.07, 6.45) is 0. The summed E-state index contributed by atoms with van der Waals surface area (Å²) in [7, 11) is -2.18. The van der Waals surface area contributed by atoms with E-state index < -0.39 is 50.6 Å². The number of aliphatic hydroxyl groups is 1. The molecule has 0 aliphatic carbocycles. The second kappa shape index (κ2) is 22.8. The van der Waals surface area contributed by atoms with Crippen molar-refractivity contribution >= 4 is 77.9 Å². The van der Waals surface area contributed by atoms with Crippen LogP contribution >= 0.6 is 23.2 Å². The number of rotatable bonds is 12. The SMILES string of the molecule is [C-]#[N+]c1ccc(N[C@H](CO)C(=O)NNC(=O)c2ccc(C#N)cc2)c(C)c1Cl.[C-]#[N+]c1ccc(N[C@H](CO[Si](C)(C)C(C)(C)C)C(=O)NNC(=O)c2ccc(C#N)cc2)c(C)c1Cl. The predicted octanol–water partition coefficient (Wildman–Crippen LogP) is 7.64. The van der Waals surface area contributed by atoms with Gasteiger partial charge in [0.15, 0.2) is 8.32 Å². The Hall–Kier alpha value is -6.96. The van der Waals surface area contributed by atoms with Gasteiger partial charge in [-0.05, 0) is 104 Å². The summed E-state index contributed by atoms with van der Waals surface area (Å²) in [6, 6.07) is 20.3. The number of carbonyl (C=O) groups is 4. The number of anilines is 2. The van der Waals surface area contributed by atoms with E-state index in [9.17, 15) is 24.3 Å². The van der Waals surface area contributed by atoms with Gasteiger partial charge in [-0.25, -0.2) is 9.69 Å². The average molecular weight is 910 g/mol. The second-order valence-electron chi connectivity index (χ2n) is 15.3. The summed E-state index contributed by atoms with van der Waals surface area (Å²) < 4.78 is 6.27. The summed E-state index contributed by atoms with van der Waals surface area (Å²) in [4.78, 5) is 56.5. The van der Waals surface area contributed by atoms with Crippen LogP contribution in [0.4, 0.5) is 22.7 Å². The van der Waals surface area contributed by atoms with E-state index in [4.69, 9.17) is 51.3 Å². The van der Waals surface area contributed by atoms with E-state index in [1.807, 2.05) is 12.1 Å². The quantitative estimate of drug-likeness (QED) is 0.0418. The van der Waals surface area contributed by atoms with Crippen molar-refractivity contribution < 1.29 is 28.7 Å². The summed E-state index contributed by atoms with van der Waals surface area (Å²) in [5, 5.41) is 33.7. The van der Waals surface area contributed by atoms with Gasteiger partial charge in [0.1, 0.15) is 12.1 Å². The molecule has 7 N–H and O–H groups in total. The van der Waals surface area contributed by atoms with Gasteiger partial charge >= 0.3 is 0 Å². The molecule has 0 aromatic heterocycles. The molecular formula is C44H46Cl2N10O6Si. The molecule has 0 aliphatic heterocycles. The van der Waals surface area contributed by atoms with Crippen molar-refractivity contribution in [2.24, 2.45) is 0 Å². The molecule has 4 aromatic rings. The molecular weight excluding hydrogens is 864 g/mol. The highest BCUT2D eigenvalue weighted by atomic mass is 35.5. The highest BCUT2D eigenvalue weighted by Gasteiger charge is 2.38. The third kappa shape index (κ3) is 13.8. The first-order chi connectivity index (χ1) is 29.7. The molecule has 0 unspecified atom stereocenters. The van der Waals surface area contributed by atoms with Crippen molar-refractivity contribution in [3.05, 3.63) is 139 Å². The van der Waals surface area contributed by atoms with Crippen molar-refractivity contribution in [1.29, 1.82) is 10.5 Å². The van der Waals surface area contributed by atoms with Crippen LogP contribution in [0.1, 0.15) is 63.7 Å². The molecule has 0 spiro atoms. The Kier molecular flexibility index (Phi) is 18.2. The van der Waals surface area contributed by atoms with E-state index in [0.717, 1.165) is 0 Å². The number of hydrogen-bond acceptors (Lipinski definition) is 10. The molecule has 0 radical (unpaired) electrons. The van der Waals surface area contributed by atoms with Crippen LogP contribution in [0, 0.1) is 49.7 Å². The number of carbonyl (C=O) groups excluding carboxylic acids is 4. The maximum Gasteiger partial charge on any atom is 0.269 e. The minimum absolute atomic E-state index is 0.0612. The maximum atomic E-state index is 13.1. The molecule has 0 saturated carbocycles. The monoisotopic (exact) mass is 908 g/mol. The van der Waals surface area contributed by atoms with Gasteiger partial charge in [0.2, 0.25) is 11.4 Å². The second-order valence-corrected chi connectivity index (χ2v) is 20.8. The zero-order valence-corrected chi connectivity index (χ0v) is 38.0. The molecule has 0 saturated heterocycles. The normalized spacial score (nSPS) is 11.6. The van der Waals surface area contributed by atoms with E-state index in [2.05, 4.69) is 75.9 Å². The van der Waals surface area contributed by atoms with Gasteiger partial charge in [-0.2, -0.15) is 10.5 Å². The Morgan fingerprint density at radius 2 is 1.08 bits per heavy atom. The van der Waals surface area contributed by atoms with Gasteiger partial charge < -0.3 is 20.2 Å². The number of nitrogens with zero attached hydrogens (tertiary/aromatic N) is 4. The van der Waals surface area contributed by atoms with Crippen LogP contribution in [0.2, 0.25) is 28.2 Å². The summed E-state index contributed by atoms with van der Waals surface area (Å²) in [6.45, 7) is 27.7. The van der Waals surface area contributed by atoms with Crippen LogP contribution in [0.5, 0.6) is 0 Å². The number of halogens is 2. The number of benzene rings is 4. The number of hydrazine groups is 2. The lowest BCUT2D eigenvalue weighted by Gasteiger charge is -2.37. The van der Waals surface area contributed by atoms with Crippen molar-refractivity contribution in [2.45, 2.75) is 64.8 Å². The van der Waals surface area contributed by atoms with Crippen LogP contribution < -0.4 is 32.3 Å². The molecule has 326 valence electrons.